The average molecular weight is 211 g/mol. The van der Waals surface area contributed by atoms with E-state index < -0.39 is 0 Å². The van der Waals surface area contributed by atoms with Crippen LogP contribution < -0.4 is 5.73 Å². The summed E-state index contributed by atoms with van der Waals surface area (Å²) in [5.74, 6) is 1.76. The summed E-state index contributed by atoms with van der Waals surface area (Å²) >= 11 is 0. The molecule has 0 spiro atoms. The molecule has 0 heterocycles. The third kappa shape index (κ3) is 3.79. The lowest BCUT2D eigenvalue weighted by molar-refractivity contribution is 0.118. The van der Waals surface area contributed by atoms with Gasteiger partial charge in [-0.1, -0.05) is 46.5 Å². The minimum atomic E-state index is 0.492. The Morgan fingerprint density at radius 2 is 2.20 bits per heavy atom. The molecule has 2 N–H and O–H groups in total. The summed E-state index contributed by atoms with van der Waals surface area (Å²) < 4.78 is 0. The van der Waals surface area contributed by atoms with Gasteiger partial charge >= 0.3 is 0 Å². The van der Waals surface area contributed by atoms with Crippen molar-refractivity contribution in [2.45, 2.75) is 65.7 Å². The van der Waals surface area contributed by atoms with Crippen LogP contribution in [0.5, 0.6) is 0 Å². The van der Waals surface area contributed by atoms with Gasteiger partial charge in [0.1, 0.15) is 0 Å². The molecule has 15 heavy (non-hydrogen) atoms. The molecule has 1 rings (SSSR count). The second-order valence-corrected chi connectivity index (χ2v) is 6.00. The molecule has 1 saturated carbocycles. The molecule has 0 aromatic rings. The molecule has 1 fully saturated rings. The van der Waals surface area contributed by atoms with Gasteiger partial charge in [0.25, 0.3) is 0 Å². The second kappa shape index (κ2) is 5.89. The Bertz CT molecular complexity index is 178. The van der Waals surface area contributed by atoms with E-state index >= 15 is 0 Å². The van der Waals surface area contributed by atoms with Crippen molar-refractivity contribution < 1.29 is 0 Å². The Morgan fingerprint density at radius 3 is 2.73 bits per heavy atom. The first-order valence-electron chi connectivity index (χ1n) is 6.82. The molecule has 0 aliphatic heterocycles. The van der Waals surface area contributed by atoms with Gasteiger partial charge in [-0.05, 0) is 43.1 Å². The molecule has 0 aromatic heterocycles. The van der Waals surface area contributed by atoms with Crippen molar-refractivity contribution >= 4 is 0 Å². The van der Waals surface area contributed by atoms with Crippen molar-refractivity contribution in [3.8, 4) is 0 Å². The highest BCUT2D eigenvalue weighted by atomic mass is 14.6. The summed E-state index contributed by atoms with van der Waals surface area (Å²) in [6.07, 6.45) is 9.62. The van der Waals surface area contributed by atoms with E-state index in [1.807, 2.05) is 0 Å². The SMILES string of the molecule is CCCC(C)CC1(CN)CCCC(C)C1. The summed E-state index contributed by atoms with van der Waals surface area (Å²) in [7, 11) is 0. The van der Waals surface area contributed by atoms with Gasteiger partial charge in [-0.2, -0.15) is 0 Å². The van der Waals surface area contributed by atoms with Gasteiger partial charge in [-0.25, -0.2) is 0 Å². The van der Waals surface area contributed by atoms with E-state index in [-0.39, 0.29) is 0 Å². The normalized spacial score (nSPS) is 34.0. The molecule has 0 radical (unpaired) electrons. The van der Waals surface area contributed by atoms with Crippen LogP contribution in [-0.2, 0) is 0 Å². The van der Waals surface area contributed by atoms with Crippen molar-refractivity contribution in [3.05, 3.63) is 0 Å². The molecular formula is C14H29N. The number of hydrogen-bond acceptors (Lipinski definition) is 1. The van der Waals surface area contributed by atoms with Crippen molar-refractivity contribution in [2.24, 2.45) is 23.0 Å². The summed E-state index contributed by atoms with van der Waals surface area (Å²) in [6.45, 7) is 7.99. The highest BCUT2D eigenvalue weighted by Crippen LogP contribution is 2.43. The maximum absolute atomic E-state index is 6.04. The fourth-order valence-electron chi connectivity index (χ4n) is 3.56. The monoisotopic (exact) mass is 211 g/mol. The first kappa shape index (κ1) is 13.0. The molecule has 0 aromatic carbocycles. The van der Waals surface area contributed by atoms with Crippen LogP contribution in [0.2, 0.25) is 0 Å². The highest BCUT2D eigenvalue weighted by Gasteiger charge is 2.34. The molecule has 3 atom stereocenters. The van der Waals surface area contributed by atoms with E-state index in [9.17, 15) is 0 Å². The lowest BCUT2D eigenvalue weighted by Gasteiger charge is -2.41. The average Bonchev–Trinajstić information content (AvgIpc) is 2.18. The molecule has 1 heteroatoms. The van der Waals surface area contributed by atoms with Gasteiger partial charge in [0.2, 0.25) is 0 Å². The number of rotatable bonds is 5. The molecule has 0 amide bonds. The molecule has 90 valence electrons. The molecular weight excluding hydrogens is 182 g/mol. The zero-order chi connectivity index (χ0) is 11.3. The van der Waals surface area contributed by atoms with Crippen LogP contribution in [0.15, 0.2) is 0 Å². The van der Waals surface area contributed by atoms with Crippen molar-refractivity contribution in [3.63, 3.8) is 0 Å². The van der Waals surface area contributed by atoms with Crippen LogP contribution in [0.25, 0.3) is 0 Å². The van der Waals surface area contributed by atoms with Crippen LogP contribution in [-0.4, -0.2) is 6.54 Å². The van der Waals surface area contributed by atoms with E-state index in [0.29, 0.717) is 5.41 Å². The largest absolute Gasteiger partial charge is 0.330 e. The fraction of sp³-hybridized carbons (Fsp3) is 1.00. The Balaban J connectivity index is 2.51. The zero-order valence-corrected chi connectivity index (χ0v) is 10.9. The van der Waals surface area contributed by atoms with E-state index in [1.165, 1.54) is 44.9 Å². The predicted octanol–water partition coefficient (Wildman–Crippen LogP) is 3.97. The van der Waals surface area contributed by atoms with E-state index in [2.05, 4.69) is 20.8 Å². The van der Waals surface area contributed by atoms with Gasteiger partial charge in [-0.15, -0.1) is 0 Å². The molecule has 1 aliphatic carbocycles. The van der Waals surface area contributed by atoms with Gasteiger partial charge in [0.05, 0.1) is 0 Å². The molecule has 0 saturated heterocycles. The first-order valence-corrected chi connectivity index (χ1v) is 6.82. The van der Waals surface area contributed by atoms with Gasteiger partial charge in [0, 0.05) is 0 Å². The summed E-state index contributed by atoms with van der Waals surface area (Å²) in [4.78, 5) is 0. The molecule has 3 unspecified atom stereocenters. The minimum absolute atomic E-state index is 0.492. The standard InChI is InChI=1S/C14H29N/c1-4-6-12(2)9-14(11-15)8-5-7-13(3)10-14/h12-13H,4-11,15H2,1-3H3. The van der Waals surface area contributed by atoms with Gasteiger partial charge in [0.15, 0.2) is 0 Å². The highest BCUT2D eigenvalue weighted by molar-refractivity contribution is 4.87. The quantitative estimate of drug-likeness (QED) is 0.731. The van der Waals surface area contributed by atoms with E-state index in [0.717, 1.165) is 18.4 Å². The Morgan fingerprint density at radius 1 is 1.47 bits per heavy atom. The van der Waals surface area contributed by atoms with Gasteiger partial charge in [-0.3, -0.25) is 0 Å². The lowest BCUT2D eigenvalue weighted by atomic mass is 9.66. The maximum Gasteiger partial charge on any atom is -0.00203 e. The Labute approximate surface area is 95.8 Å². The van der Waals surface area contributed by atoms with Crippen molar-refractivity contribution in [2.75, 3.05) is 6.54 Å². The van der Waals surface area contributed by atoms with E-state index in [1.54, 1.807) is 0 Å². The van der Waals surface area contributed by atoms with Crippen LogP contribution in [0.1, 0.15) is 65.7 Å². The maximum atomic E-state index is 6.04. The molecule has 1 aliphatic rings. The Hall–Kier alpha value is -0.0400. The molecule has 1 nitrogen and oxygen atoms in total. The Kier molecular flexibility index (Phi) is 5.11. The fourth-order valence-corrected chi connectivity index (χ4v) is 3.56. The first-order chi connectivity index (χ1) is 7.12. The van der Waals surface area contributed by atoms with E-state index in [4.69, 9.17) is 5.73 Å². The summed E-state index contributed by atoms with van der Waals surface area (Å²) in [6, 6.07) is 0. The van der Waals surface area contributed by atoms with Crippen LogP contribution in [0.4, 0.5) is 0 Å². The lowest BCUT2D eigenvalue weighted by Crippen LogP contribution is -2.36. The van der Waals surface area contributed by atoms with Gasteiger partial charge < -0.3 is 5.73 Å². The topological polar surface area (TPSA) is 26.0 Å². The number of hydrogen-bond donors (Lipinski definition) is 1. The summed E-state index contributed by atoms with van der Waals surface area (Å²) in [5.41, 5.74) is 6.54. The van der Waals surface area contributed by atoms with Crippen LogP contribution in [0, 0.1) is 17.3 Å². The van der Waals surface area contributed by atoms with Crippen molar-refractivity contribution in [1.29, 1.82) is 0 Å². The summed E-state index contributed by atoms with van der Waals surface area (Å²) in [5, 5.41) is 0. The predicted molar refractivity (Wildman–Crippen MR) is 67.8 cm³/mol. The molecule has 0 bridgehead atoms. The second-order valence-electron chi connectivity index (χ2n) is 6.00. The van der Waals surface area contributed by atoms with Crippen LogP contribution >= 0.6 is 0 Å². The zero-order valence-electron chi connectivity index (χ0n) is 10.9. The number of nitrogens with two attached hydrogens (primary N) is 1. The minimum Gasteiger partial charge on any atom is -0.330 e. The third-order valence-corrected chi connectivity index (χ3v) is 4.18. The van der Waals surface area contributed by atoms with Crippen LogP contribution in [0.3, 0.4) is 0 Å². The third-order valence-electron chi connectivity index (χ3n) is 4.18. The van der Waals surface area contributed by atoms with Crippen molar-refractivity contribution in [1.82, 2.24) is 0 Å². The smallest absolute Gasteiger partial charge is 0.00203 e.